The molecule has 0 fully saturated rings. The molecule has 0 aliphatic carbocycles. The van der Waals surface area contributed by atoms with Crippen LogP contribution in [0.5, 0.6) is 0 Å². The maximum absolute atomic E-state index is 13.0. The zero-order valence-corrected chi connectivity index (χ0v) is 9.39. The monoisotopic (exact) mass is 210 g/mol. The first kappa shape index (κ1) is 12.1. The molecule has 0 heterocycles. The molecule has 0 saturated carbocycles. The molecule has 15 heavy (non-hydrogen) atoms. The van der Waals surface area contributed by atoms with Crippen LogP contribution in [0.2, 0.25) is 0 Å². The van der Waals surface area contributed by atoms with Crippen molar-refractivity contribution in [3.8, 4) is 0 Å². The zero-order chi connectivity index (χ0) is 11.3. The smallest absolute Gasteiger partial charge is 0.123 e. The van der Waals surface area contributed by atoms with Crippen molar-refractivity contribution in [2.45, 2.75) is 32.9 Å². The van der Waals surface area contributed by atoms with E-state index in [1.165, 1.54) is 6.07 Å². The third-order valence-electron chi connectivity index (χ3n) is 2.55. The molecule has 3 N–H and O–H groups in total. The lowest BCUT2D eigenvalue weighted by Gasteiger charge is -2.13. The minimum atomic E-state index is -0.177. The molecule has 84 valence electrons. The summed E-state index contributed by atoms with van der Waals surface area (Å²) in [6.07, 6.45) is 0.939. The summed E-state index contributed by atoms with van der Waals surface area (Å²) in [4.78, 5) is 0. The van der Waals surface area contributed by atoms with Crippen molar-refractivity contribution in [1.29, 1.82) is 0 Å². The summed E-state index contributed by atoms with van der Waals surface area (Å²) in [5.41, 5.74) is 7.58. The van der Waals surface area contributed by atoms with Crippen LogP contribution in [0.4, 0.5) is 4.39 Å². The van der Waals surface area contributed by atoms with Gasteiger partial charge < -0.3 is 11.1 Å². The zero-order valence-electron chi connectivity index (χ0n) is 9.39. The van der Waals surface area contributed by atoms with E-state index in [4.69, 9.17) is 5.73 Å². The third-order valence-corrected chi connectivity index (χ3v) is 2.55. The van der Waals surface area contributed by atoms with E-state index in [1.54, 1.807) is 12.1 Å². The van der Waals surface area contributed by atoms with Crippen LogP contribution < -0.4 is 11.1 Å². The summed E-state index contributed by atoms with van der Waals surface area (Å²) >= 11 is 0. The quantitative estimate of drug-likeness (QED) is 0.779. The van der Waals surface area contributed by atoms with Crippen molar-refractivity contribution in [1.82, 2.24) is 5.32 Å². The van der Waals surface area contributed by atoms with Gasteiger partial charge in [0.15, 0.2) is 0 Å². The van der Waals surface area contributed by atoms with E-state index in [0.29, 0.717) is 19.1 Å². The summed E-state index contributed by atoms with van der Waals surface area (Å²) < 4.78 is 13.0. The highest BCUT2D eigenvalue weighted by Gasteiger charge is 2.03. The van der Waals surface area contributed by atoms with Crippen LogP contribution in [0, 0.1) is 12.7 Å². The first-order valence-corrected chi connectivity index (χ1v) is 5.32. The molecule has 1 aromatic rings. The van der Waals surface area contributed by atoms with Crippen LogP contribution in [-0.4, -0.2) is 12.6 Å². The molecule has 0 bridgehead atoms. The fourth-order valence-electron chi connectivity index (χ4n) is 1.47. The Kier molecular flexibility index (Phi) is 4.72. The maximum atomic E-state index is 13.0. The molecule has 0 aliphatic rings. The molecule has 1 unspecified atom stereocenters. The Morgan fingerprint density at radius 1 is 1.47 bits per heavy atom. The molecule has 1 rings (SSSR count). The first-order chi connectivity index (χ1) is 7.13. The van der Waals surface area contributed by atoms with E-state index < -0.39 is 0 Å². The van der Waals surface area contributed by atoms with Crippen molar-refractivity contribution in [3.05, 3.63) is 35.1 Å². The van der Waals surface area contributed by atoms with Gasteiger partial charge in [-0.3, -0.25) is 0 Å². The predicted molar refractivity (Wildman–Crippen MR) is 61.1 cm³/mol. The summed E-state index contributed by atoms with van der Waals surface area (Å²) in [6, 6.07) is 5.25. The van der Waals surface area contributed by atoms with Gasteiger partial charge in [-0.2, -0.15) is 0 Å². The van der Waals surface area contributed by atoms with Gasteiger partial charge in [0.2, 0.25) is 0 Å². The molecule has 0 spiro atoms. The molecule has 0 radical (unpaired) electrons. The van der Waals surface area contributed by atoms with Crippen LogP contribution in [0.3, 0.4) is 0 Å². The number of hydrogen-bond acceptors (Lipinski definition) is 2. The summed E-state index contributed by atoms with van der Waals surface area (Å²) in [5.74, 6) is -0.177. The van der Waals surface area contributed by atoms with E-state index in [-0.39, 0.29) is 5.82 Å². The topological polar surface area (TPSA) is 38.0 Å². The standard InChI is InChI=1S/C12H19FN2/c1-9-3-4-12(13)7-11(9)8-15-10(2)5-6-14/h3-4,7,10,15H,5-6,8,14H2,1-2H3. The normalized spacial score (nSPS) is 12.8. The number of hydrogen-bond donors (Lipinski definition) is 2. The van der Waals surface area contributed by atoms with Gasteiger partial charge in [-0.25, -0.2) is 4.39 Å². The fourth-order valence-corrected chi connectivity index (χ4v) is 1.47. The SMILES string of the molecule is Cc1ccc(F)cc1CNC(C)CCN. The van der Waals surface area contributed by atoms with Gasteiger partial charge >= 0.3 is 0 Å². The minimum Gasteiger partial charge on any atom is -0.330 e. The Hall–Kier alpha value is -0.930. The second-order valence-electron chi connectivity index (χ2n) is 3.93. The summed E-state index contributed by atoms with van der Waals surface area (Å²) in [7, 11) is 0. The Balaban J connectivity index is 2.53. The second-order valence-corrected chi connectivity index (χ2v) is 3.93. The molecule has 0 saturated heterocycles. The lowest BCUT2D eigenvalue weighted by molar-refractivity contribution is 0.517. The molecule has 1 aromatic carbocycles. The van der Waals surface area contributed by atoms with Gasteiger partial charge in [0, 0.05) is 12.6 Å². The van der Waals surface area contributed by atoms with Gasteiger partial charge in [-0.15, -0.1) is 0 Å². The Morgan fingerprint density at radius 2 is 2.20 bits per heavy atom. The number of halogens is 1. The molecule has 0 aliphatic heterocycles. The van der Waals surface area contributed by atoms with Crippen LogP contribution >= 0.6 is 0 Å². The average molecular weight is 210 g/mol. The van der Waals surface area contributed by atoms with E-state index in [2.05, 4.69) is 12.2 Å². The van der Waals surface area contributed by atoms with Crippen molar-refractivity contribution in [2.24, 2.45) is 5.73 Å². The predicted octanol–water partition coefficient (Wildman–Crippen LogP) is 1.96. The number of nitrogens with one attached hydrogen (secondary N) is 1. The maximum Gasteiger partial charge on any atom is 0.123 e. The molecule has 0 amide bonds. The highest BCUT2D eigenvalue weighted by atomic mass is 19.1. The molecule has 0 aromatic heterocycles. The molecular formula is C12H19FN2. The van der Waals surface area contributed by atoms with E-state index >= 15 is 0 Å². The van der Waals surface area contributed by atoms with Crippen molar-refractivity contribution in [2.75, 3.05) is 6.54 Å². The van der Waals surface area contributed by atoms with E-state index in [0.717, 1.165) is 17.5 Å². The van der Waals surface area contributed by atoms with Gasteiger partial charge in [-0.1, -0.05) is 6.07 Å². The van der Waals surface area contributed by atoms with Gasteiger partial charge in [0.25, 0.3) is 0 Å². The molecule has 1 atom stereocenters. The number of rotatable bonds is 5. The minimum absolute atomic E-state index is 0.177. The van der Waals surface area contributed by atoms with Crippen LogP contribution in [0.25, 0.3) is 0 Å². The number of nitrogens with two attached hydrogens (primary N) is 1. The Labute approximate surface area is 90.7 Å². The largest absolute Gasteiger partial charge is 0.330 e. The number of benzene rings is 1. The van der Waals surface area contributed by atoms with Crippen molar-refractivity contribution >= 4 is 0 Å². The van der Waals surface area contributed by atoms with Gasteiger partial charge in [0.1, 0.15) is 5.82 Å². The van der Waals surface area contributed by atoms with Gasteiger partial charge in [-0.05, 0) is 50.1 Å². The highest BCUT2D eigenvalue weighted by Crippen LogP contribution is 2.10. The Bertz CT molecular complexity index is 312. The van der Waals surface area contributed by atoms with Crippen molar-refractivity contribution in [3.63, 3.8) is 0 Å². The lowest BCUT2D eigenvalue weighted by atomic mass is 10.1. The molecule has 3 heteroatoms. The average Bonchev–Trinajstić information content (AvgIpc) is 2.20. The first-order valence-electron chi connectivity index (χ1n) is 5.32. The molecule has 2 nitrogen and oxygen atoms in total. The molecular weight excluding hydrogens is 191 g/mol. The van der Waals surface area contributed by atoms with E-state index in [9.17, 15) is 4.39 Å². The van der Waals surface area contributed by atoms with Crippen LogP contribution in [-0.2, 0) is 6.54 Å². The van der Waals surface area contributed by atoms with Crippen molar-refractivity contribution < 1.29 is 4.39 Å². The van der Waals surface area contributed by atoms with Crippen LogP contribution in [0.15, 0.2) is 18.2 Å². The summed E-state index contributed by atoms with van der Waals surface area (Å²) in [6.45, 7) is 5.45. The number of aryl methyl sites for hydroxylation is 1. The van der Waals surface area contributed by atoms with Crippen LogP contribution in [0.1, 0.15) is 24.5 Å². The fraction of sp³-hybridized carbons (Fsp3) is 0.500. The Morgan fingerprint density at radius 3 is 2.87 bits per heavy atom. The lowest BCUT2D eigenvalue weighted by Crippen LogP contribution is -2.28. The third kappa shape index (κ3) is 3.98. The van der Waals surface area contributed by atoms with Gasteiger partial charge in [0.05, 0.1) is 0 Å². The summed E-state index contributed by atoms with van der Waals surface area (Å²) in [5, 5.41) is 3.32. The second kappa shape index (κ2) is 5.83. The highest BCUT2D eigenvalue weighted by molar-refractivity contribution is 5.26. The van der Waals surface area contributed by atoms with E-state index in [1.807, 2.05) is 6.92 Å².